The summed E-state index contributed by atoms with van der Waals surface area (Å²) in [5.41, 5.74) is 1.24. The Labute approximate surface area is 186 Å². The number of carbonyl (C=O) groups excluding carboxylic acids is 2. The van der Waals surface area contributed by atoms with E-state index in [2.05, 4.69) is 0 Å². The summed E-state index contributed by atoms with van der Waals surface area (Å²) in [6.07, 6.45) is 1.40. The van der Waals surface area contributed by atoms with Gasteiger partial charge >= 0.3 is 0 Å². The Morgan fingerprint density at radius 2 is 1.59 bits per heavy atom. The van der Waals surface area contributed by atoms with Crippen LogP contribution >= 0.6 is 0 Å². The van der Waals surface area contributed by atoms with Crippen molar-refractivity contribution in [2.75, 3.05) is 41.0 Å². The summed E-state index contributed by atoms with van der Waals surface area (Å²) in [5.74, 6) is 1.25. The molecule has 0 saturated heterocycles. The highest BCUT2D eigenvalue weighted by atomic mass is 16.5. The van der Waals surface area contributed by atoms with Gasteiger partial charge in [-0.1, -0.05) is 0 Å². The number of fused-ring (bicyclic) bond motifs is 1. The van der Waals surface area contributed by atoms with Crippen LogP contribution in [0.3, 0.4) is 0 Å². The number of hydrogen-bond donors (Lipinski definition) is 0. The Bertz CT molecular complexity index is 1090. The molecule has 8 heteroatoms. The molecule has 2 aromatic carbocycles. The number of ether oxygens (including phenoxy) is 4. The number of rotatable bonds is 10. The number of carbonyl (C=O) groups is 2. The highest BCUT2D eigenvalue weighted by Crippen LogP contribution is 2.39. The molecule has 0 fully saturated rings. The lowest BCUT2D eigenvalue weighted by Crippen LogP contribution is -2.34. The van der Waals surface area contributed by atoms with Crippen LogP contribution in [0.4, 0.5) is 0 Å². The molecule has 3 aromatic rings. The minimum Gasteiger partial charge on any atom is -0.493 e. The predicted octanol–water partition coefficient (Wildman–Crippen LogP) is 3.94. The molecule has 0 aliphatic carbocycles. The van der Waals surface area contributed by atoms with E-state index in [1.54, 1.807) is 35.2 Å². The molecule has 1 aromatic heterocycles. The molecule has 0 aliphatic rings. The summed E-state index contributed by atoms with van der Waals surface area (Å²) in [4.78, 5) is 27.2. The average Bonchev–Trinajstić information content (AvgIpc) is 3.25. The second-order valence-corrected chi connectivity index (χ2v) is 6.91. The largest absolute Gasteiger partial charge is 0.493 e. The van der Waals surface area contributed by atoms with Gasteiger partial charge in [-0.05, 0) is 44.2 Å². The number of hydrogen-bond acceptors (Lipinski definition) is 7. The Morgan fingerprint density at radius 3 is 2.16 bits per heavy atom. The molecular formula is C24H27NO7. The first-order valence-corrected chi connectivity index (χ1v) is 10.2. The van der Waals surface area contributed by atoms with Gasteiger partial charge < -0.3 is 28.3 Å². The zero-order chi connectivity index (χ0) is 23.3. The molecule has 3 rings (SSSR count). The number of furan rings is 1. The first kappa shape index (κ1) is 23.0. The van der Waals surface area contributed by atoms with Gasteiger partial charge in [-0.2, -0.15) is 0 Å². The topological polar surface area (TPSA) is 87.4 Å². The van der Waals surface area contributed by atoms with Crippen molar-refractivity contribution in [2.45, 2.75) is 13.8 Å². The number of nitrogens with zero attached hydrogens (tertiary/aromatic N) is 1. The van der Waals surface area contributed by atoms with E-state index in [9.17, 15) is 9.59 Å². The first-order valence-electron chi connectivity index (χ1n) is 10.2. The third-order valence-electron chi connectivity index (χ3n) is 5.19. The zero-order valence-corrected chi connectivity index (χ0v) is 18.9. The summed E-state index contributed by atoms with van der Waals surface area (Å²) in [7, 11) is 4.47. The van der Waals surface area contributed by atoms with E-state index in [-0.39, 0.29) is 18.3 Å². The molecule has 0 radical (unpaired) electrons. The van der Waals surface area contributed by atoms with E-state index in [0.29, 0.717) is 58.2 Å². The fourth-order valence-electron chi connectivity index (χ4n) is 3.45. The smallest absolute Gasteiger partial charge is 0.260 e. The van der Waals surface area contributed by atoms with Crippen LogP contribution in [-0.4, -0.2) is 57.6 Å². The second-order valence-electron chi connectivity index (χ2n) is 6.91. The van der Waals surface area contributed by atoms with Crippen molar-refractivity contribution >= 4 is 22.7 Å². The van der Waals surface area contributed by atoms with Gasteiger partial charge in [-0.3, -0.25) is 9.59 Å². The molecule has 0 aliphatic heterocycles. The van der Waals surface area contributed by atoms with Crippen LogP contribution in [0.5, 0.6) is 23.0 Å². The minimum absolute atomic E-state index is 0.0821. The van der Waals surface area contributed by atoms with E-state index in [4.69, 9.17) is 23.4 Å². The van der Waals surface area contributed by atoms with Gasteiger partial charge in [0.1, 0.15) is 17.6 Å². The Hall–Kier alpha value is -3.68. The zero-order valence-electron chi connectivity index (χ0n) is 18.9. The molecule has 0 unspecified atom stereocenters. The predicted molar refractivity (Wildman–Crippen MR) is 119 cm³/mol. The summed E-state index contributed by atoms with van der Waals surface area (Å²) in [5, 5.41) is 0.580. The van der Waals surface area contributed by atoms with Crippen LogP contribution in [0.1, 0.15) is 29.8 Å². The number of benzene rings is 2. The monoisotopic (exact) mass is 441 g/mol. The van der Waals surface area contributed by atoms with Crippen LogP contribution in [0.15, 0.2) is 41.0 Å². The van der Waals surface area contributed by atoms with Crippen molar-refractivity contribution in [1.82, 2.24) is 4.90 Å². The molecule has 0 N–H and O–H groups in total. The van der Waals surface area contributed by atoms with Gasteiger partial charge in [0.2, 0.25) is 5.75 Å². The standard InChI is InChI=1S/C24H27NO7/c1-6-25(7-2)22(26)14-31-16-8-9-19-17(12-16)18(13-32-19)23(27)15-10-20(28-3)24(30-5)21(11-15)29-4/h8-13H,6-7,14H2,1-5H3. The fourth-order valence-corrected chi connectivity index (χ4v) is 3.45. The van der Waals surface area contributed by atoms with Crippen molar-refractivity contribution < 1.29 is 33.0 Å². The molecular weight excluding hydrogens is 414 g/mol. The molecule has 0 bridgehead atoms. The van der Waals surface area contributed by atoms with Crippen LogP contribution in [0.25, 0.3) is 11.0 Å². The van der Waals surface area contributed by atoms with E-state index < -0.39 is 0 Å². The molecule has 32 heavy (non-hydrogen) atoms. The summed E-state index contributed by atoms with van der Waals surface area (Å²) in [6, 6.07) is 8.28. The van der Waals surface area contributed by atoms with Crippen molar-refractivity contribution in [1.29, 1.82) is 0 Å². The minimum atomic E-state index is -0.278. The van der Waals surface area contributed by atoms with Crippen molar-refractivity contribution in [2.24, 2.45) is 0 Å². The third-order valence-corrected chi connectivity index (χ3v) is 5.19. The number of amides is 1. The third kappa shape index (κ3) is 4.49. The Morgan fingerprint density at radius 1 is 0.938 bits per heavy atom. The molecule has 1 heterocycles. The second kappa shape index (κ2) is 10.1. The Balaban J connectivity index is 1.92. The molecule has 0 saturated carbocycles. The normalized spacial score (nSPS) is 10.7. The van der Waals surface area contributed by atoms with Crippen molar-refractivity contribution in [3.8, 4) is 23.0 Å². The lowest BCUT2D eigenvalue weighted by atomic mass is 10.0. The SMILES string of the molecule is CCN(CC)C(=O)COc1ccc2occ(C(=O)c3cc(OC)c(OC)c(OC)c3)c2c1. The lowest BCUT2D eigenvalue weighted by Gasteiger charge is -2.18. The van der Waals surface area contributed by atoms with Gasteiger partial charge in [0.05, 0.1) is 26.9 Å². The van der Waals surface area contributed by atoms with Gasteiger partial charge in [0.15, 0.2) is 23.9 Å². The molecule has 0 atom stereocenters. The van der Waals surface area contributed by atoms with Crippen LogP contribution in [-0.2, 0) is 4.79 Å². The first-order chi connectivity index (χ1) is 15.5. The highest BCUT2D eigenvalue weighted by molar-refractivity contribution is 6.16. The maximum absolute atomic E-state index is 13.3. The summed E-state index contributed by atoms with van der Waals surface area (Å²) in [6.45, 7) is 4.99. The molecule has 1 amide bonds. The van der Waals surface area contributed by atoms with E-state index in [1.807, 2.05) is 13.8 Å². The summed E-state index contributed by atoms with van der Waals surface area (Å²) >= 11 is 0. The number of likely N-dealkylation sites (N-methyl/N-ethyl adjacent to an activating group) is 1. The fraction of sp³-hybridized carbons (Fsp3) is 0.333. The van der Waals surface area contributed by atoms with E-state index >= 15 is 0 Å². The Kier molecular flexibility index (Phi) is 7.25. The van der Waals surface area contributed by atoms with Crippen molar-refractivity contribution in [3.05, 3.63) is 47.7 Å². The summed E-state index contributed by atoms with van der Waals surface area (Å²) < 4.78 is 27.3. The number of methoxy groups -OCH3 is 3. The van der Waals surface area contributed by atoms with Gasteiger partial charge in [0, 0.05) is 24.0 Å². The van der Waals surface area contributed by atoms with Gasteiger partial charge in [-0.25, -0.2) is 0 Å². The number of ketones is 1. The molecule has 0 spiro atoms. The maximum atomic E-state index is 13.3. The van der Waals surface area contributed by atoms with E-state index in [1.165, 1.54) is 27.6 Å². The average molecular weight is 441 g/mol. The maximum Gasteiger partial charge on any atom is 0.260 e. The van der Waals surface area contributed by atoms with Gasteiger partial charge in [-0.15, -0.1) is 0 Å². The molecule has 8 nitrogen and oxygen atoms in total. The van der Waals surface area contributed by atoms with E-state index in [0.717, 1.165) is 0 Å². The highest BCUT2D eigenvalue weighted by Gasteiger charge is 2.21. The molecule has 170 valence electrons. The van der Waals surface area contributed by atoms with Crippen LogP contribution < -0.4 is 18.9 Å². The quantitative estimate of drug-likeness (QED) is 0.441. The van der Waals surface area contributed by atoms with Crippen LogP contribution in [0, 0.1) is 0 Å². The lowest BCUT2D eigenvalue weighted by molar-refractivity contribution is -0.132. The van der Waals surface area contributed by atoms with Crippen LogP contribution in [0.2, 0.25) is 0 Å². The van der Waals surface area contributed by atoms with Gasteiger partial charge in [0.25, 0.3) is 5.91 Å². The van der Waals surface area contributed by atoms with Crippen molar-refractivity contribution in [3.63, 3.8) is 0 Å².